The van der Waals surface area contributed by atoms with Crippen LogP contribution >= 0.6 is 90.0 Å². The van der Waals surface area contributed by atoms with Crippen LogP contribution in [0.25, 0.3) is 34.4 Å². The lowest BCUT2D eigenvalue weighted by Crippen LogP contribution is -1.96. The van der Waals surface area contributed by atoms with Crippen LogP contribution in [0.15, 0.2) is 91.6 Å². The third-order valence-electron chi connectivity index (χ3n) is 6.09. The lowest BCUT2D eigenvalue weighted by atomic mass is 9.99. The normalized spacial score (nSPS) is 11.3. The van der Waals surface area contributed by atoms with E-state index in [1.807, 2.05) is 60.7 Å². The van der Waals surface area contributed by atoms with Gasteiger partial charge in [0.1, 0.15) is 0 Å². The maximum Gasteiger partial charge on any atom is 0.330 e. The molecule has 0 aliphatic rings. The highest BCUT2D eigenvalue weighted by Crippen LogP contribution is 2.49. The first-order chi connectivity index (χ1) is 20.5. The SMILES string of the molecule is COC(=O)/C=C/c1c(-c2cccc(Br)c2)cc(Sc2cc(-c3cccc(Br)c3)c(/C=C/C(=O)OC)c(Cl)c2Cl)c(Cl)c1Cl. The molecule has 0 fully saturated rings. The fraction of sp³-hybridized carbons (Fsp3) is 0.0625. The Hall–Kier alpha value is -2.23. The molecule has 0 radical (unpaired) electrons. The molecule has 43 heavy (non-hydrogen) atoms. The number of hydrogen-bond donors (Lipinski definition) is 0. The van der Waals surface area contributed by atoms with Gasteiger partial charge in [0.2, 0.25) is 0 Å². The number of benzene rings is 4. The van der Waals surface area contributed by atoms with Crippen molar-refractivity contribution in [3.8, 4) is 22.3 Å². The van der Waals surface area contributed by atoms with Gasteiger partial charge in [-0.05, 0) is 70.8 Å². The van der Waals surface area contributed by atoms with Crippen molar-refractivity contribution in [2.45, 2.75) is 9.79 Å². The van der Waals surface area contributed by atoms with Crippen molar-refractivity contribution in [3.05, 3.63) is 113 Å². The number of methoxy groups -OCH3 is 2. The molecule has 11 heteroatoms. The van der Waals surface area contributed by atoms with Gasteiger partial charge in [-0.1, -0.05) is 114 Å². The summed E-state index contributed by atoms with van der Waals surface area (Å²) in [5, 5.41) is 1.02. The predicted octanol–water partition coefficient (Wildman–Crippen LogP) is 11.7. The van der Waals surface area contributed by atoms with E-state index in [9.17, 15) is 9.59 Å². The van der Waals surface area contributed by atoms with Gasteiger partial charge in [0, 0.05) is 42.0 Å². The lowest BCUT2D eigenvalue weighted by molar-refractivity contribution is -0.135. The number of halogens is 6. The third kappa shape index (κ3) is 8.08. The van der Waals surface area contributed by atoms with Gasteiger partial charge in [0.25, 0.3) is 0 Å². The van der Waals surface area contributed by atoms with Crippen molar-refractivity contribution < 1.29 is 19.1 Å². The van der Waals surface area contributed by atoms with Crippen molar-refractivity contribution in [2.75, 3.05) is 14.2 Å². The minimum absolute atomic E-state index is 0.244. The van der Waals surface area contributed by atoms with Gasteiger partial charge in [-0.25, -0.2) is 9.59 Å². The first-order valence-electron chi connectivity index (χ1n) is 12.3. The monoisotopic (exact) mass is 798 g/mol. The van der Waals surface area contributed by atoms with Gasteiger partial charge in [0.15, 0.2) is 0 Å². The van der Waals surface area contributed by atoms with Crippen LogP contribution in [0.1, 0.15) is 11.1 Å². The Morgan fingerprint density at radius 3 is 1.40 bits per heavy atom. The average Bonchev–Trinajstić information content (AvgIpc) is 3.00. The average molecular weight is 802 g/mol. The number of carbonyl (C=O) groups excluding carboxylic acids is 2. The molecule has 4 aromatic carbocycles. The Kier molecular flexibility index (Phi) is 11.9. The molecule has 0 bridgehead atoms. The Morgan fingerprint density at radius 1 is 0.651 bits per heavy atom. The van der Waals surface area contributed by atoms with E-state index < -0.39 is 11.9 Å². The zero-order valence-corrected chi connectivity index (χ0v) is 29.4. The molecule has 0 aliphatic carbocycles. The van der Waals surface area contributed by atoms with E-state index in [0.29, 0.717) is 20.9 Å². The Balaban J connectivity index is 1.93. The number of carbonyl (C=O) groups is 2. The van der Waals surface area contributed by atoms with Crippen LogP contribution in [0.2, 0.25) is 20.1 Å². The molecule has 0 spiro atoms. The summed E-state index contributed by atoms with van der Waals surface area (Å²) in [5.41, 5.74) is 4.21. The summed E-state index contributed by atoms with van der Waals surface area (Å²) in [6, 6.07) is 19.1. The summed E-state index contributed by atoms with van der Waals surface area (Å²) in [4.78, 5) is 25.0. The molecule has 0 aromatic heterocycles. The van der Waals surface area contributed by atoms with E-state index >= 15 is 0 Å². The summed E-state index contributed by atoms with van der Waals surface area (Å²) in [6.45, 7) is 0. The van der Waals surface area contributed by atoms with E-state index in [-0.39, 0.29) is 20.1 Å². The second-order valence-electron chi connectivity index (χ2n) is 8.76. The zero-order valence-electron chi connectivity index (χ0n) is 22.4. The van der Waals surface area contributed by atoms with Gasteiger partial charge < -0.3 is 9.47 Å². The summed E-state index contributed by atoms with van der Waals surface area (Å²) in [5.74, 6) is -1.07. The topological polar surface area (TPSA) is 52.6 Å². The van der Waals surface area contributed by atoms with E-state index in [1.165, 1.54) is 38.1 Å². The molecule has 0 amide bonds. The number of ether oxygens (including phenoxy) is 2. The first kappa shape index (κ1) is 33.7. The number of rotatable bonds is 8. The summed E-state index contributed by atoms with van der Waals surface area (Å²) in [6.07, 6.45) is 5.71. The summed E-state index contributed by atoms with van der Waals surface area (Å²) < 4.78 is 11.2. The number of esters is 2. The minimum Gasteiger partial charge on any atom is -0.466 e. The van der Waals surface area contributed by atoms with Crippen LogP contribution in [0.5, 0.6) is 0 Å². The molecule has 0 N–H and O–H groups in total. The first-order valence-corrected chi connectivity index (χ1v) is 16.2. The summed E-state index contributed by atoms with van der Waals surface area (Å²) >= 11 is 35.7. The largest absolute Gasteiger partial charge is 0.466 e. The molecule has 4 aromatic rings. The quantitative estimate of drug-likeness (QED) is 0.131. The lowest BCUT2D eigenvalue weighted by Gasteiger charge is -2.18. The van der Waals surface area contributed by atoms with Crippen LogP contribution in [0, 0.1) is 0 Å². The molecule has 0 aliphatic heterocycles. The second-order valence-corrected chi connectivity index (χ2v) is 13.2. The van der Waals surface area contributed by atoms with E-state index in [4.69, 9.17) is 55.9 Å². The predicted molar refractivity (Wildman–Crippen MR) is 185 cm³/mol. The maximum absolute atomic E-state index is 11.9. The highest BCUT2D eigenvalue weighted by molar-refractivity contribution is 9.10. The molecular weight excluding hydrogens is 782 g/mol. The van der Waals surface area contributed by atoms with Gasteiger partial charge in [0.05, 0.1) is 34.3 Å². The molecule has 4 rings (SSSR count). The van der Waals surface area contributed by atoms with Crippen molar-refractivity contribution >= 4 is 114 Å². The molecule has 0 unspecified atom stereocenters. The molecule has 4 nitrogen and oxygen atoms in total. The van der Waals surface area contributed by atoms with Gasteiger partial charge >= 0.3 is 11.9 Å². The second kappa shape index (κ2) is 15.2. The molecular formula is C32H20Br2Cl4O4S. The van der Waals surface area contributed by atoms with E-state index in [1.54, 1.807) is 12.2 Å². The van der Waals surface area contributed by atoms with Gasteiger partial charge in [-0.15, -0.1) is 0 Å². The highest BCUT2D eigenvalue weighted by Gasteiger charge is 2.21. The molecule has 0 saturated carbocycles. The smallest absolute Gasteiger partial charge is 0.330 e. The molecule has 0 saturated heterocycles. The Morgan fingerprint density at radius 2 is 1.05 bits per heavy atom. The van der Waals surface area contributed by atoms with Crippen molar-refractivity contribution in [1.82, 2.24) is 0 Å². The fourth-order valence-electron chi connectivity index (χ4n) is 4.06. The van der Waals surface area contributed by atoms with Crippen LogP contribution in [-0.2, 0) is 19.1 Å². The van der Waals surface area contributed by atoms with Crippen LogP contribution in [-0.4, -0.2) is 26.2 Å². The Labute approximate surface area is 290 Å². The van der Waals surface area contributed by atoms with Gasteiger partial charge in [-0.3, -0.25) is 0 Å². The Bertz CT molecular complexity index is 1660. The van der Waals surface area contributed by atoms with Crippen molar-refractivity contribution in [2.24, 2.45) is 0 Å². The van der Waals surface area contributed by atoms with Crippen LogP contribution < -0.4 is 0 Å². The van der Waals surface area contributed by atoms with E-state index in [2.05, 4.69) is 31.9 Å². The fourth-order valence-corrected chi connectivity index (χ4v) is 7.02. The molecule has 220 valence electrons. The molecule has 0 heterocycles. The summed E-state index contributed by atoms with van der Waals surface area (Å²) in [7, 11) is 2.59. The van der Waals surface area contributed by atoms with Crippen LogP contribution in [0.4, 0.5) is 0 Å². The number of hydrogen-bond acceptors (Lipinski definition) is 5. The van der Waals surface area contributed by atoms with Crippen molar-refractivity contribution in [1.29, 1.82) is 0 Å². The van der Waals surface area contributed by atoms with Gasteiger partial charge in [-0.2, -0.15) is 0 Å². The maximum atomic E-state index is 11.9. The minimum atomic E-state index is -0.534. The third-order valence-corrected chi connectivity index (χ3v) is 10.1. The standard InChI is InChI=1S/C32H20Br2Cl4O4S/c1-41-27(39)11-9-21-23(17-5-3-7-19(33)13-17)15-25(31(37)29(21)35)43-26-16-24(18-6-4-8-20(34)14-18)22(30(36)32(26)38)10-12-28(40)42-2/h3-16H,1-2H3/b11-9+,12-10+. The molecule has 0 atom stereocenters. The van der Waals surface area contributed by atoms with E-state index in [0.717, 1.165) is 31.2 Å². The van der Waals surface area contributed by atoms with Crippen LogP contribution in [0.3, 0.4) is 0 Å². The zero-order chi connectivity index (χ0) is 31.3. The van der Waals surface area contributed by atoms with Crippen molar-refractivity contribution in [3.63, 3.8) is 0 Å². The highest BCUT2D eigenvalue weighted by atomic mass is 79.9.